The first kappa shape index (κ1) is 8.91. The van der Waals surface area contributed by atoms with Gasteiger partial charge in [0.1, 0.15) is 0 Å². The summed E-state index contributed by atoms with van der Waals surface area (Å²) in [5, 5.41) is 3.29. The van der Waals surface area contributed by atoms with Crippen LogP contribution in [0.4, 0.5) is 11.4 Å². The molecule has 66 valence electrons. The molecule has 0 aliphatic carbocycles. The van der Waals surface area contributed by atoms with Crippen molar-refractivity contribution < 1.29 is 0 Å². The van der Waals surface area contributed by atoms with Gasteiger partial charge in [-0.2, -0.15) is 0 Å². The fraction of sp³-hybridized carbons (Fsp3) is 0.400. The molecule has 0 saturated heterocycles. The Morgan fingerprint density at radius 1 is 1.25 bits per heavy atom. The summed E-state index contributed by atoms with van der Waals surface area (Å²) >= 11 is 0. The molecule has 0 fully saturated rings. The van der Waals surface area contributed by atoms with Crippen molar-refractivity contribution >= 4 is 11.4 Å². The SMILES string of the molecule is CCNc1cc(C)c(N)cc1C. The zero-order valence-corrected chi connectivity index (χ0v) is 7.94. The van der Waals surface area contributed by atoms with Crippen LogP contribution in [0.15, 0.2) is 12.1 Å². The molecule has 2 heteroatoms. The molecular formula is C10H16N2. The highest BCUT2D eigenvalue weighted by Gasteiger charge is 1.99. The molecule has 0 heterocycles. The summed E-state index contributed by atoms with van der Waals surface area (Å²) in [6, 6.07) is 4.10. The molecule has 0 bridgehead atoms. The topological polar surface area (TPSA) is 38.0 Å². The third-order valence-corrected chi connectivity index (χ3v) is 1.98. The van der Waals surface area contributed by atoms with Gasteiger partial charge in [-0.3, -0.25) is 0 Å². The minimum atomic E-state index is 0.870. The van der Waals surface area contributed by atoms with Crippen molar-refractivity contribution in [2.75, 3.05) is 17.6 Å². The van der Waals surface area contributed by atoms with Gasteiger partial charge in [0.25, 0.3) is 0 Å². The minimum absolute atomic E-state index is 0.870. The zero-order valence-electron chi connectivity index (χ0n) is 7.94. The lowest BCUT2D eigenvalue weighted by Gasteiger charge is -2.10. The summed E-state index contributed by atoms with van der Waals surface area (Å²) in [6.07, 6.45) is 0. The second-order valence-corrected chi connectivity index (χ2v) is 3.05. The smallest absolute Gasteiger partial charge is 0.0373 e. The van der Waals surface area contributed by atoms with Crippen molar-refractivity contribution in [3.05, 3.63) is 23.3 Å². The molecule has 0 saturated carbocycles. The normalized spacial score (nSPS) is 9.92. The van der Waals surface area contributed by atoms with Crippen LogP contribution in [0.1, 0.15) is 18.1 Å². The molecule has 1 rings (SSSR count). The van der Waals surface area contributed by atoms with Crippen LogP contribution in [0.5, 0.6) is 0 Å². The van der Waals surface area contributed by atoms with Gasteiger partial charge in [0.15, 0.2) is 0 Å². The van der Waals surface area contributed by atoms with E-state index < -0.39 is 0 Å². The van der Waals surface area contributed by atoms with Gasteiger partial charge in [0.2, 0.25) is 0 Å². The third-order valence-electron chi connectivity index (χ3n) is 1.98. The van der Waals surface area contributed by atoms with Gasteiger partial charge >= 0.3 is 0 Å². The summed E-state index contributed by atoms with van der Waals surface area (Å²) in [4.78, 5) is 0. The van der Waals surface area contributed by atoms with Crippen molar-refractivity contribution in [3.8, 4) is 0 Å². The Balaban J connectivity index is 3.05. The van der Waals surface area contributed by atoms with Crippen LogP contribution in [0.2, 0.25) is 0 Å². The molecule has 1 aromatic rings. The van der Waals surface area contributed by atoms with E-state index in [-0.39, 0.29) is 0 Å². The Morgan fingerprint density at radius 2 is 1.92 bits per heavy atom. The quantitative estimate of drug-likeness (QED) is 0.658. The molecule has 0 aliphatic heterocycles. The maximum absolute atomic E-state index is 5.76. The van der Waals surface area contributed by atoms with E-state index in [1.54, 1.807) is 0 Å². The highest BCUT2D eigenvalue weighted by atomic mass is 14.9. The van der Waals surface area contributed by atoms with E-state index in [2.05, 4.69) is 25.2 Å². The first-order chi connectivity index (χ1) is 5.65. The van der Waals surface area contributed by atoms with E-state index in [9.17, 15) is 0 Å². The second kappa shape index (κ2) is 3.48. The lowest BCUT2D eigenvalue weighted by Crippen LogP contribution is -2.00. The van der Waals surface area contributed by atoms with Gasteiger partial charge in [0, 0.05) is 17.9 Å². The van der Waals surface area contributed by atoms with Crippen molar-refractivity contribution in [1.29, 1.82) is 0 Å². The van der Waals surface area contributed by atoms with Crippen LogP contribution >= 0.6 is 0 Å². The number of nitrogens with one attached hydrogen (secondary N) is 1. The minimum Gasteiger partial charge on any atom is -0.399 e. The van der Waals surface area contributed by atoms with E-state index in [4.69, 9.17) is 5.73 Å². The van der Waals surface area contributed by atoms with E-state index >= 15 is 0 Å². The first-order valence-electron chi connectivity index (χ1n) is 4.25. The maximum atomic E-state index is 5.76. The highest BCUT2D eigenvalue weighted by molar-refractivity contribution is 5.61. The van der Waals surface area contributed by atoms with Gasteiger partial charge in [-0.25, -0.2) is 0 Å². The van der Waals surface area contributed by atoms with E-state index in [0.717, 1.165) is 17.8 Å². The van der Waals surface area contributed by atoms with Crippen molar-refractivity contribution in [1.82, 2.24) is 0 Å². The zero-order chi connectivity index (χ0) is 9.14. The summed E-state index contributed by atoms with van der Waals surface area (Å²) in [6.45, 7) is 7.12. The number of nitrogens with two attached hydrogens (primary N) is 1. The van der Waals surface area contributed by atoms with Gasteiger partial charge in [-0.05, 0) is 44.0 Å². The number of hydrogen-bond acceptors (Lipinski definition) is 2. The van der Waals surface area contributed by atoms with E-state index in [0.29, 0.717) is 0 Å². The van der Waals surface area contributed by atoms with Crippen LogP contribution in [-0.2, 0) is 0 Å². The summed E-state index contributed by atoms with van der Waals surface area (Å²) in [5.74, 6) is 0. The second-order valence-electron chi connectivity index (χ2n) is 3.05. The summed E-state index contributed by atoms with van der Waals surface area (Å²) in [5.41, 5.74) is 10.2. The number of anilines is 2. The van der Waals surface area contributed by atoms with Gasteiger partial charge < -0.3 is 11.1 Å². The molecule has 0 amide bonds. The molecule has 0 atom stereocenters. The monoisotopic (exact) mass is 164 g/mol. The maximum Gasteiger partial charge on any atom is 0.0373 e. The third kappa shape index (κ3) is 1.70. The fourth-order valence-corrected chi connectivity index (χ4v) is 1.22. The molecular weight excluding hydrogens is 148 g/mol. The van der Waals surface area contributed by atoms with Crippen molar-refractivity contribution in [2.45, 2.75) is 20.8 Å². The Labute approximate surface area is 73.8 Å². The molecule has 0 aliphatic rings. The Morgan fingerprint density at radius 3 is 2.50 bits per heavy atom. The Hall–Kier alpha value is -1.18. The van der Waals surface area contributed by atoms with E-state index in [1.165, 1.54) is 11.3 Å². The van der Waals surface area contributed by atoms with Crippen LogP contribution in [0.25, 0.3) is 0 Å². The average Bonchev–Trinajstić information content (AvgIpc) is 2.01. The molecule has 3 N–H and O–H groups in total. The Kier molecular flexibility index (Phi) is 2.58. The number of benzene rings is 1. The lowest BCUT2D eigenvalue weighted by molar-refractivity contribution is 1.19. The van der Waals surface area contributed by atoms with Gasteiger partial charge in [-0.1, -0.05) is 0 Å². The average molecular weight is 164 g/mol. The van der Waals surface area contributed by atoms with Crippen LogP contribution in [0.3, 0.4) is 0 Å². The summed E-state index contributed by atoms with van der Waals surface area (Å²) in [7, 11) is 0. The molecule has 2 nitrogen and oxygen atoms in total. The molecule has 0 radical (unpaired) electrons. The largest absolute Gasteiger partial charge is 0.399 e. The Bertz CT molecular complexity index is 279. The predicted molar refractivity (Wildman–Crippen MR) is 54.5 cm³/mol. The molecule has 0 spiro atoms. The number of rotatable bonds is 2. The molecule has 0 unspecified atom stereocenters. The van der Waals surface area contributed by atoms with Crippen LogP contribution < -0.4 is 11.1 Å². The molecule has 12 heavy (non-hydrogen) atoms. The van der Waals surface area contributed by atoms with E-state index in [1.807, 2.05) is 13.0 Å². The molecule has 1 aromatic carbocycles. The number of aryl methyl sites for hydroxylation is 2. The standard InChI is InChI=1S/C10H16N2/c1-4-12-10-6-7(2)9(11)5-8(10)3/h5-6,12H,4,11H2,1-3H3. The van der Waals surface area contributed by atoms with Gasteiger partial charge in [-0.15, -0.1) is 0 Å². The van der Waals surface area contributed by atoms with Crippen molar-refractivity contribution in [2.24, 2.45) is 0 Å². The fourth-order valence-electron chi connectivity index (χ4n) is 1.22. The van der Waals surface area contributed by atoms with Crippen molar-refractivity contribution in [3.63, 3.8) is 0 Å². The van der Waals surface area contributed by atoms with Crippen LogP contribution in [0, 0.1) is 13.8 Å². The first-order valence-corrected chi connectivity index (χ1v) is 4.25. The summed E-state index contributed by atoms with van der Waals surface area (Å²) < 4.78 is 0. The number of nitrogen functional groups attached to an aromatic ring is 1. The number of hydrogen-bond donors (Lipinski definition) is 2. The van der Waals surface area contributed by atoms with Crippen LogP contribution in [-0.4, -0.2) is 6.54 Å². The lowest BCUT2D eigenvalue weighted by atomic mass is 10.1. The highest BCUT2D eigenvalue weighted by Crippen LogP contribution is 2.21. The predicted octanol–water partition coefficient (Wildman–Crippen LogP) is 2.32. The van der Waals surface area contributed by atoms with Gasteiger partial charge in [0.05, 0.1) is 0 Å². The molecule has 0 aromatic heterocycles.